The zero-order valence-corrected chi connectivity index (χ0v) is 22.3. The fourth-order valence-corrected chi connectivity index (χ4v) is 6.86. The zero-order chi connectivity index (χ0) is 27.9. The molecule has 3 aromatic rings. The largest absolute Gasteiger partial charge is 0.573 e. The molecule has 0 aromatic heterocycles. The van der Waals surface area contributed by atoms with Gasteiger partial charge >= 0.3 is 16.6 Å². The van der Waals surface area contributed by atoms with E-state index in [-0.39, 0.29) is 29.3 Å². The normalized spacial score (nSPS) is 20.6. The van der Waals surface area contributed by atoms with Crippen molar-refractivity contribution >= 4 is 27.6 Å². The van der Waals surface area contributed by atoms with Crippen molar-refractivity contribution in [3.05, 3.63) is 95.1 Å². The maximum absolute atomic E-state index is 12.5. The Morgan fingerprint density at radius 2 is 1.50 bits per heavy atom. The summed E-state index contributed by atoms with van der Waals surface area (Å²) < 4.78 is 74.2. The van der Waals surface area contributed by atoms with E-state index < -0.39 is 16.6 Å². The molecule has 0 amide bonds. The Bertz CT molecular complexity index is 1540. The minimum absolute atomic E-state index is 0.0480. The van der Waals surface area contributed by atoms with Gasteiger partial charge in [0.1, 0.15) is 5.75 Å². The zero-order valence-electron chi connectivity index (χ0n) is 21.4. The molecule has 0 radical (unpaired) electrons. The number of piperidine rings is 1. The molecule has 1 saturated heterocycles. The second-order valence-electron chi connectivity index (χ2n) is 10.2. The van der Waals surface area contributed by atoms with Gasteiger partial charge in [-0.15, -0.1) is 22.0 Å². The minimum atomic E-state index is -4.80. The van der Waals surface area contributed by atoms with Gasteiger partial charge in [-0.25, -0.2) is 0 Å². The molecular weight excluding hydrogens is 541 g/mol. The Labute approximate surface area is 230 Å². The predicted molar refractivity (Wildman–Crippen MR) is 147 cm³/mol. The molecule has 40 heavy (non-hydrogen) atoms. The van der Waals surface area contributed by atoms with Gasteiger partial charge < -0.3 is 15.0 Å². The first-order valence-electron chi connectivity index (χ1n) is 13.1. The maximum Gasteiger partial charge on any atom is 0.573 e. The maximum atomic E-state index is 12.5. The number of aryl methyl sites for hydroxylation is 2. The van der Waals surface area contributed by atoms with Gasteiger partial charge in [-0.05, 0) is 78.1 Å². The molecular formula is C29H27F3N4O3S. The summed E-state index contributed by atoms with van der Waals surface area (Å²) >= 11 is 0. The quantitative estimate of drug-likeness (QED) is 0.439. The van der Waals surface area contributed by atoms with Crippen molar-refractivity contribution in [2.45, 2.75) is 38.0 Å². The van der Waals surface area contributed by atoms with Gasteiger partial charge in [0.15, 0.2) is 11.7 Å². The second kappa shape index (κ2) is 10.3. The van der Waals surface area contributed by atoms with E-state index in [2.05, 4.69) is 67.4 Å². The molecule has 11 heteroatoms. The molecule has 208 valence electrons. The highest BCUT2D eigenvalue weighted by molar-refractivity contribution is 7.89. The van der Waals surface area contributed by atoms with Crippen LogP contribution in [0.5, 0.6) is 5.75 Å². The van der Waals surface area contributed by atoms with Crippen LogP contribution in [0.4, 0.5) is 18.9 Å². The van der Waals surface area contributed by atoms with Crippen LogP contribution in [0.2, 0.25) is 0 Å². The van der Waals surface area contributed by atoms with Gasteiger partial charge in [-0.1, -0.05) is 48.5 Å². The van der Waals surface area contributed by atoms with Crippen molar-refractivity contribution < 1.29 is 26.3 Å². The summed E-state index contributed by atoms with van der Waals surface area (Å²) in [5, 5.41) is 2.93. The Morgan fingerprint density at radius 3 is 2.12 bits per heavy atom. The Balaban J connectivity index is 1.27. The summed E-state index contributed by atoms with van der Waals surface area (Å²) in [4.78, 5) is 1.96. The molecule has 1 atom stereocenters. The summed E-state index contributed by atoms with van der Waals surface area (Å²) in [6, 6.07) is 22.1. The van der Waals surface area contributed by atoms with E-state index in [4.69, 9.17) is 0 Å². The third-order valence-electron chi connectivity index (χ3n) is 7.64. The van der Waals surface area contributed by atoms with Crippen molar-refractivity contribution in [2.24, 2.45) is 14.7 Å². The summed E-state index contributed by atoms with van der Waals surface area (Å²) in [5.41, 5.74) is 5.66. The van der Waals surface area contributed by atoms with Crippen molar-refractivity contribution in [1.29, 1.82) is 0 Å². The summed E-state index contributed by atoms with van der Waals surface area (Å²) in [5.74, 6) is 0.254. The predicted octanol–water partition coefficient (Wildman–Crippen LogP) is 5.70. The van der Waals surface area contributed by atoms with Crippen LogP contribution < -0.4 is 10.1 Å². The molecule has 1 aliphatic carbocycles. The third kappa shape index (κ3) is 5.56. The third-order valence-corrected chi connectivity index (χ3v) is 8.46. The van der Waals surface area contributed by atoms with Crippen molar-refractivity contribution in [2.75, 3.05) is 18.4 Å². The number of rotatable bonds is 3. The lowest BCUT2D eigenvalue weighted by Crippen LogP contribution is -2.45. The second-order valence-corrected chi connectivity index (χ2v) is 11.5. The van der Waals surface area contributed by atoms with Crippen LogP contribution in [-0.2, 0) is 23.1 Å². The molecule has 1 fully saturated rings. The highest BCUT2D eigenvalue weighted by Gasteiger charge is 2.37. The number of benzene rings is 3. The minimum Gasteiger partial charge on any atom is -0.406 e. The van der Waals surface area contributed by atoms with Gasteiger partial charge in [0.2, 0.25) is 0 Å². The summed E-state index contributed by atoms with van der Waals surface area (Å²) in [6.07, 6.45) is -1.04. The van der Waals surface area contributed by atoms with E-state index >= 15 is 0 Å². The summed E-state index contributed by atoms with van der Waals surface area (Å²) in [7, 11) is -4.09. The smallest absolute Gasteiger partial charge is 0.406 e. The summed E-state index contributed by atoms with van der Waals surface area (Å²) in [6.45, 7) is 1.20. The lowest BCUT2D eigenvalue weighted by atomic mass is 9.75. The van der Waals surface area contributed by atoms with E-state index in [0.29, 0.717) is 18.8 Å². The van der Waals surface area contributed by atoms with Crippen molar-refractivity contribution in [1.82, 2.24) is 4.90 Å². The number of fused-ring (bicyclic) bond motifs is 2. The molecule has 6 rings (SSSR count). The molecule has 1 N–H and O–H groups in total. The van der Waals surface area contributed by atoms with Crippen molar-refractivity contribution in [3.8, 4) is 5.75 Å². The fourth-order valence-electron chi connectivity index (χ4n) is 6.04. The van der Waals surface area contributed by atoms with Crippen LogP contribution in [0.3, 0.4) is 0 Å². The number of halogens is 3. The number of hydrogen-bond donors (Lipinski definition) is 1. The molecule has 0 spiro atoms. The van der Waals surface area contributed by atoms with E-state index in [1.807, 2.05) is 4.90 Å². The van der Waals surface area contributed by atoms with Gasteiger partial charge in [-0.3, -0.25) is 0 Å². The lowest BCUT2D eigenvalue weighted by molar-refractivity contribution is -0.274. The molecule has 0 bridgehead atoms. The van der Waals surface area contributed by atoms with E-state index in [1.165, 1.54) is 34.4 Å². The molecule has 1 unspecified atom stereocenters. The van der Waals surface area contributed by atoms with Crippen LogP contribution in [0.25, 0.3) is 0 Å². The van der Waals surface area contributed by atoms with Crippen LogP contribution in [-0.4, -0.2) is 44.4 Å². The SMILES string of the molecule is O=S1(=O)N=C(Nc2ccc(OC(F)(F)F)cc2)C(N2CCCC(C3c4ccccc4CCc4ccccc43)C2)=N1. The number of amidine groups is 2. The molecule has 2 aliphatic heterocycles. The Kier molecular flexibility index (Phi) is 6.77. The average molecular weight is 569 g/mol. The molecule has 0 saturated carbocycles. The highest BCUT2D eigenvalue weighted by Crippen LogP contribution is 2.42. The monoisotopic (exact) mass is 568 g/mol. The molecule has 3 aromatic carbocycles. The van der Waals surface area contributed by atoms with Gasteiger partial charge in [0.25, 0.3) is 0 Å². The number of nitrogens with one attached hydrogen (secondary N) is 1. The van der Waals surface area contributed by atoms with Gasteiger partial charge in [0.05, 0.1) is 0 Å². The number of nitrogens with zero attached hydrogens (tertiary/aromatic N) is 3. The van der Waals surface area contributed by atoms with Gasteiger partial charge in [0, 0.05) is 24.7 Å². The molecule has 2 heterocycles. The Morgan fingerprint density at radius 1 is 0.875 bits per heavy atom. The van der Waals surface area contributed by atoms with E-state index in [9.17, 15) is 21.6 Å². The fraction of sp³-hybridized carbons (Fsp3) is 0.310. The number of ether oxygens (including phenoxy) is 1. The number of alkyl halides is 3. The van der Waals surface area contributed by atoms with Gasteiger partial charge in [-0.2, -0.15) is 8.42 Å². The van der Waals surface area contributed by atoms with Crippen molar-refractivity contribution in [3.63, 3.8) is 0 Å². The lowest BCUT2D eigenvalue weighted by Gasteiger charge is -2.39. The van der Waals surface area contributed by atoms with Crippen LogP contribution in [0, 0.1) is 5.92 Å². The number of anilines is 1. The first-order valence-corrected chi connectivity index (χ1v) is 14.5. The first-order chi connectivity index (χ1) is 19.2. The highest BCUT2D eigenvalue weighted by atomic mass is 32.2. The standard InChI is InChI=1S/C29H27F3N4O3S/c30-29(31,32)39-23-15-13-22(14-16-23)33-27-28(35-40(37,38)34-27)36-17-5-8-21(18-36)26-24-9-3-1-6-19(24)11-12-20-7-2-4-10-25(20)26/h1-4,6-7,9-10,13-16,21,26H,5,8,11-12,17-18H2,(H,33,34). The average Bonchev–Trinajstić information content (AvgIpc) is 3.12. The number of likely N-dealkylation sites (tertiary alicyclic amines) is 1. The number of hydrogen-bond acceptors (Lipinski definition) is 5. The first kappa shape index (κ1) is 26.4. The van der Waals surface area contributed by atoms with Crippen LogP contribution >= 0.6 is 0 Å². The van der Waals surface area contributed by atoms with Crippen LogP contribution in [0.1, 0.15) is 41.0 Å². The van der Waals surface area contributed by atoms with Crippen LogP contribution in [0.15, 0.2) is 81.6 Å². The van der Waals surface area contributed by atoms with E-state index in [1.54, 1.807) is 0 Å². The Hall–Kier alpha value is -3.86. The molecule has 7 nitrogen and oxygen atoms in total. The topological polar surface area (TPSA) is 83.4 Å². The molecule has 3 aliphatic rings. The van der Waals surface area contributed by atoms with E-state index in [0.717, 1.165) is 37.8 Å².